The topological polar surface area (TPSA) is 84.1 Å². The van der Waals surface area contributed by atoms with Crippen molar-refractivity contribution in [3.8, 4) is 5.75 Å². The Morgan fingerprint density at radius 2 is 2.23 bits per heavy atom. The fourth-order valence-electron chi connectivity index (χ4n) is 3.59. The van der Waals surface area contributed by atoms with E-state index in [9.17, 15) is 9.59 Å². The Labute approximate surface area is 187 Å². The Balaban J connectivity index is 1.33. The van der Waals surface area contributed by atoms with Gasteiger partial charge in [-0.25, -0.2) is 4.98 Å². The third kappa shape index (κ3) is 4.36. The van der Waals surface area contributed by atoms with Crippen LogP contribution in [0.5, 0.6) is 5.75 Å². The van der Waals surface area contributed by atoms with E-state index in [0.29, 0.717) is 40.2 Å². The third-order valence-electron chi connectivity index (χ3n) is 5.09. The molecular weight excluding hydrogens is 442 g/mol. The van der Waals surface area contributed by atoms with Crippen LogP contribution in [0.1, 0.15) is 34.7 Å². The van der Waals surface area contributed by atoms with Crippen molar-refractivity contribution in [2.75, 3.05) is 18.2 Å². The molecule has 0 atom stereocenters. The zero-order chi connectivity index (χ0) is 21.3. The number of aromatic amines is 1. The number of aryl methyl sites for hydroxylation is 3. The van der Waals surface area contributed by atoms with Gasteiger partial charge in [0.25, 0.3) is 5.56 Å². The van der Waals surface area contributed by atoms with Gasteiger partial charge in [-0.2, -0.15) is 11.8 Å². The lowest BCUT2D eigenvalue weighted by atomic mass is 10.2. The SMILES string of the molecule is COc1cc(Cl)c(C)cc1NC(=O)CCSCc1nc2sc3c(c2c(=O)[nH]1)CCC3. The number of carbonyl (C=O) groups is 1. The minimum absolute atomic E-state index is 0.0436. The van der Waals surface area contributed by atoms with Crippen LogP contribution >= 0.6 is 34.7 Å². The molecule has 30 heavy (non-hydrogen) atoms. The van der Waals surface area contributed by atoms with Gasteiger partial charge in [-0.3, -0.25) is 9.59 Å². The number of rotatable bonds is 7. The molecule has 0 unspecified atom stereocenters. The lowest BCUT2D eigenvalue weighted by Gasteiger charge is -2.12. The van der Waals surface area contributed by atoms with Gasteiger partial charge in [0, 0.05) is 28.1 Å². The second-order valence-electron chi connectivity index (χ2n) is 7.20. The summed E-state index contributed by atoms with van der Waals surface area (Å²) in [4.78, 5) is 34.5. The van der Waals surface area contributed by atoms with E-state index in [2.05, 4.69) is 15.3 Å². The highest BCUT2D eigenvalue weighted by Crippen LogP contribution is 2.34. The first-order valence-electron chi connectivity index (χ1n) is 9.71. The van der Waals surface area contributed by atoms with Crippen molar-refractivity contribution in [1.82, 2.24) is 9.97 Å². The van der Waals surface area contributed by atoms with Gasteiger partial charge >= 0.3 is 0 Å². The summed E-state index contributed by atoms with van der Waals surface area (Å²) in [6.45, 7) is 1.88. The Hall–Kier alpha value is -2.03. The van der Waals surface area contributed by atoms with Gasteiger partial charge in [0.2, 0.25) is 5.91 Å². The highest BCUT2D eigenvalue weighted by atomic mass is 35.5. The first-order valence-corrected chi connectivity index (χ1v) is 12.1. The molecule has 2 aromatic heterocycles. The number of nitrogens with zero attached hydrogens (tertiary/aromatic N) is 1. The molecule has 9 heteroatoms. The summed E-state index contributed by atoms with van der Waals surface area (Å²) in [7, 11) is 1.54. The average molecular weight is 464 g/mol. The minimum Gasteiger partial charge on any atom is -0.495 e. The van der Waals surface area contributed by atoms with Crippen molar-refractivity contribution in [2.24, 2.45) is 0 Å². The van der Waals surface area contributed by atoms with Gasteiger partial charge in [0.05, 0.1) is 23.9 Å². The van der Waals surface area contributed by atoms with E-state index in [1.807, 2.05) is 6.92 Å². The lowest BCUT2D eigenvalue weighted by Crippen LogP contribution is -2.14. The lowest BCUT2D eigenvalue weighted by molar-refractivity contribution is -0.115. The summed E-state index contributed by atoms with van der Waals surface area (Å²) in [5.41, 5.74) is 2.62. The third-order valence-corrected chi connectivity index (χ3v) is 7.65. The normalized spacial score (nSPS) is 12.9. The van der Waals surface area contributed by atoms with Crippen molar-refractivity contribution in [3.05, 3.63) is 49.3 Å². The Morgan fingerprint density at radius 3 is 3.03 bits per heavy atom. The molecule has 2 N–H and O–H groups in total. The fraction of sp³-hybridized carbons (Fsp3) is 0.381. The van der Waals surface area contributed by atoms with E-state index in [1.165, 1.54) is 10.4 Å². The largest absolute Gasteiger partial charge is 0.495 e. The number of H-pyrrole nitrogens is 1. The average Bonchev–Trinajstić information content (AvgIpc) is 3.28. The standard InChI is InChI=1S/C21H22ClN3O3S2/c1-11-8-14(15(28-2)9-13(11)22)23-18(26)6-7-29-10-17-24-20(27)19-12-4-3-5-16(12)30-21(19)25-17/h8-9H,3-7,10H2,1-2H3,(H,23,26)(H,24,25,27). The molecule has 3 aromatic rings. The molecule has 158 valence electrons. The second-order valence-corrected chi connectivity index (χ2v) is 9.80. The number of carbonyl (C=O) groups excluding carboxylic acids is 1. The monoisotopic (exact) mass is 463 g/mol. The summed E-state index contributed by atoms with van der Waals surface area (Å²) in [6, 6.07) is 3.49. The Morgan fingerprint density at radius 1 is 1.40 bits per heavy atom. The van der Waals surface area contributed by atoms with Crippen LogP contribution in [0.25, 0.3) is 10.2 Å². The summed E-state index contributed by atoms with van der Waals surface area (Å²) in [6.07, 6.45) is 3.49. The first-order chi connectivity index (χ1) is 14.5. The maximum absolute atomic E-state index is 12.5. The maximum atomic E-state index is 12.5. The van der Waals surface area contributed by atoms with E-state index in [-0.39, 0.29) is 11.5 Å². The molecule has 1 aliphatic carbocycles. The number of methoxy groups -OCH3 is 1. The van der Waals surface area contributed by atoms with Gasteiger partial charge in [-0.05, 0) is 43.4 Å². The zero-order valence-corrected chi connectivity index (χ0v) is 19.2. The second kappa shape index (κ2) is 8.99. The number of thiophene rings is 1. The number of aromatic nitrogens is 2. The molecule has 0 saturated carbocycles. The predicted octanol–water partition coefficient (Wildman–Crippen LogP) is 4.71. The van der Waals surface area contributed by atoms with Gasteiger partial charge in [-0.1, -0.05) is 11.6 Å². The van der Waals surface area contributed by atoms with Crippen LogP contribution in [-0.2, 0) is 23.4 Å². The number of halogens is 1. The molecule has 1 aromatic carbocycles. The Kier molecular flexibility index (Phi) is 6.36. The van der Waals surface area contributed by atoms with Crippen molar-refractivity contribution in [3.63, 3.8) is 0 Å². The zero-order valence-electron chi connectivity index (χ0n) is 16.8. The maximum Gasteiger partial charge on any atom is 0.259 e. The van der Waals surface area contributed by atoms with Crippen molar-refractivity contribution >= 4 is 56.5 Å². The number of fused-ring (bicyclic) bond motifs is 3. The smallest absolute Gasteiger partial charge is 0.259 e. The van der Waals surface area contributed by atoms with Crippen LogP contribution < -0.4 is 15.6 Å². The number of nitrogens with one attached hydrogen (secondary N) is 2. The number of thioether (sulfide) groups is 1. The molecule has 0 radical (unpaired) electrons. The highest BCUT2D eigenvalue weighted by Gasteiger charge is 2.21. The first kappa shape index (κ1) is 21.2. The summed E-state index contributed by atoms with van der Waals surface area (Å²) < 4.78 is 5.29. The number of hydrogen-bond acceptors (Lipinski definition) is 6. The molecular formula is C21H22ClN3O3S2. The van der Waals surface area contributed by atoms with Crippen LogP contribution in [0, 0.1) is 6.92 Å². The molecule has 1 aliphatic rings. The van der Waals surface area contributed by atoms with Crippen molar-refractivity contribution in [1.29, 1.82) is 0 Å². The van der Waals surface area contributed by atoms with Crippen molar-refractivity contribution < 1.29 is 9.53 Å². The van der Waals surface area contributed by atoms with Gasteiger partial charge in [-0.15, -0.1) is 11.3 Å². The summed E-state index contributed by atoms with van der Waals surface area (Å²) in [5, 5.41) is 4.24. The summed E-state index contributed by atoms with van der Waals surface area (Å²) >= 11 is 9.31. The predicted molar refractivity (Wildman–Crippen MR) is 124 cm³/mol. The van der Waals surface area contributed by atoms with E-state index >= 15 is 0 Å². The van der Waals surface area contributed by atoms with E-state index < -0.39 is 0 Å². The number of benzene rings is 1. The van der Waals surface area contributed by atoms with Crippen LogP contribution in [-0.4, -0.2) is 28.7 Å². The van der Waals surface area contributed by atoms with E-state index in [0.717, 1.165) is 35.0 Å². The number of hydrogen-bond donors (Lipinski definition) is 2. The molecule has 0 bridgehead atoms. The molecule has 1 amide bonds. The van der Waals surface area contributed by atoms with E-state index in [1.54, 1.807) is 42.3 Å². The van der Waals surface area contributed by atoms with Crippen LogP contribution in [0.3, 0.4) is 0 Å². The molecule has 0 spiro atoms. The van der Waals surface area contributed by atoms with Crippen LogP contribution in [0.2, 0.25) is 5.02 Å². The highest BCUT2D eigenvalue weighted by molar-refractivity contribution is 7.98. The fourth-order valence-corrected chi connectivity index (χ4v) is 5.83. The van der Waals surface area contributed by atoms with Crippen LogP contribution in [0.15, 0.2) is 16.9 Å². The van der Waals surface area contributed by atoms with E-state index in [4.69, 9.17) is 16.3 Å². The minimum atomic E-state index is -0.103. The molecule has 0 fully saturated rings. The van der Waals surface area contributed by atoms with Crippen LogP contribution in [0.4, 0.5) is 5.69 Å². The van der Waals surface area contributed by atoms with Crippen molar-refractivity contribution in [2.45, 2.75) is 38.4 Å². The number of anilines is 1. The molecule has 0 saturated heterocycles. The number of amides is 1. The molecule has 2 heterocycles. The molecule has 0 aliphatic heterocycles. The number of ether oxygens (including phenoxy) is 1. The molecule has 4 rings (SSSR count). The van der Waals surface area contributed by atoms with Gasteiger partial charge in [0.15, 0.2) is 0 Å². The van der Waals surface area contributed by atoms with Gasteiger partial charge < -0.3 is 15.0 Å². The Bertz CT molecular complexity index is 1170. The quantitative estimate of drug-likeness (QED) is 0.496. The van der Waals surface area contributed by atoms with Gasteiger partial charge in [0.1, 0.15) is 16.4 Å². The molecule has 6 nitrogen and oxygen atoms in total. The summed E-state index contributed by atoms with van der Waals surface area (Å²) in [5.74, 6) is 2.26.